The minimum Gasteiger partial charge on any atom is -0.169 e. The highest BCUT2D eigenvalue weighted by Gasteiger charge is 2.03. The van der Waals surface area contributed by atoms with E-state index in [1.54, 1.807) is 6.19 Å². The lowest BCUT2D eigenvalue weighted by Crippen LogP contribution is -1.97. The van der Waals surface area contributed by atoms with Gasteiger partial charge in [0.15, 0.2) is 5.82 Å². The Hall–Kier alpha value is -1.44. The second kappa shape index (κ2) is 3.10. The lowest BCUT2D eigenvalue weighted by molar-refractivity contribution is 0.619. The Labute approximate surface area is 64.6 Å². The van der Waals surface area contributed by atoms with Crippen LogP contribution in [0.4, 0.5) is 0 Å². The Morgan fingerprint density at radius 1 is 1.64 bits per heavy atom. The van der Waals surface area contributed by atoms with E-state index in [1.807, 2.05) is 0 Å². The molecule has 0 fully saturated rings. The number of rotatable bonds is 2. The minimum atomic E-state index is 0.492. The molecule has 0 aliphatic carbocycles. The van der Waals surface area contributed by atoms with Crippen LogP contribution in [0.15, 0.2) is 0 Å². The summed E-state index contributed by atoms with van der Waals surface area (Å²) in [6, 6.07) is 0. The van der Waals surface area contributed by atoms with E-state index in [1.165, 1.54) is 0 Å². The van der Waals surface area contributed by atoms with Gasteiger partial charge in [0.25, 0.3) is 0 Å². The third-order valence-corrected chi connectivity index (χ3v) is 1.14. The Morgan fingerprint density at radius 3 is 2.82 bits per heavy atom. The second-order valence-corrected chi connectivity index (χ2v) is 2.69. The van der Waals surface area contributed by atoms with E-state index in [2.05, 4.69) is 29.3 Å². The second-order valence-electron chi connectivity index (χ2n) is 2.69. The van der Waals surface area contributed by atoms with Crippen LogP contribution in [0, 0.1) is 17.4 Å². The molecule has 0 unspecified atom stereocenters. The van der Waals surface area contributed by atoms with Crippen LogP contribution >= 0.6 is 0 Å². The summed E-state index contributed by atoms with van der Waals surface area (Å²) < 4.78 is 0. The molecular weight excluding hydrogens is 142 g/mol. The van der Waals surface area contributed by atoms with Crippen LogP contribution in [0.5, 0.6) is 0 Å². The molecule has 0 aromatic carbocycles. The first-order valence-corrected chi connectivity index (χ1v) is 3.41. The van der Waals surface area contributed by atoms with Crippen molar-refractivity contribution in [1.82, 2.24) is 20.2 Å². The summed E-state index contributed by atoms with van der Waals surface area (Å²) in [7, 11) is 0. The molecule has 58 valence electrons. The minimum absolute atomic E-state index is 0.492. The molecule has 5 heteroatoms. The van der Waals surface area contributed by atoms with Crippen LogP contribution < -0.4 is 0 Å². The number of tetrazole rings is 1. The molecule has 5 nitrogen and oxygen atoms in total. The van der Waals surface area contributed by atoms with Crippen molar-refractivity contribution in [3.05, 3.63) is 5.82 Å². The molecule has 0 saturated heterocycles. The monoisotopic (exact) mass is 151 g/mol. The molecule has 0 saturated carbocycles. The lowest BCUT2D eigenvalue weighted by Gasteiger charge is -1.95. The van der Waals surface area contributed by atoms with Crippen molar-refractivity contribution in [2.75, 3.05) is 0 Å². The largest absolute Gasteiger partial charge is 0.226 e. The fourth-order valence-corrected chi connectivity index (χ4v) is 0.732. The van der Waals surface area contributed by atoms with Crippen molar-refractivity contribution in [1.29, 1.82) is 5.26 Å². The van der Waals surface area contributed by atoms with Crippen molar-refractivity contribution in [3.8, 4) is 6.19 Å². The smallest absolute Gasteiger partial charge is 0.169 e. The van der Waals surface area contributed by atoms with Crippen LogP contribution in [0.1, 0.15) is 19.7 Å². The zero-order chi connectivity index (χ0) is 8.27. The summed E-state index contributed by atoms with van der Waals surface area (Å²) in [5, 5.41) is 19.3. The summed E-state index contributed by atoms with van der Waals surface area (Å²) in [5.41, 5.74) is 0. The molecule has 0 spiro atoms. The molecule has 0 atom stereocenters. The van der Waals surface area contributed by atoms with Crippen LogP contribution in [0.3, 0.4) is 0 Å². The maximum atomic E-state index is 8.33. The van der Waals surface area contributed by atoms with Gasteiger partial charge in [0.2, 0.25) is 6.19 Å². The van der Waals surface area contributed by atoms with Gasteiger partial charge in [0, 0.05) is 6.42 Å². The quantitative estimate of drug-likeness (QED) is 0.605. The first kappa shape index (κ1) is 7.66. The van der Waals surface area contributed by atoms with Crippen molar-refractivity contribution >= 4 is 0 Å². The predicted molar refractivity (Wildman–Crippen MR) is 37.4 cm³/mol. The lowest BCUT2D eigenvalue weighted by atomic mass is 10.1. The molecular formula is C6H9N5. The van der Waals surface area contributed by atoms with Gasteiger partial charge >= 0.3 is 0 Å². The Balaban J connectivity index is 2.67. The van der Waals surface area contributed by atoms with E-state index in [0.29, 0.717) is 11.7 Å². The summed E-state index contributed by atoms with van der Waals surface area (Å²) in [6.45, 7) is 4.13. The first-order chi connectivity index (χ1) is 5.22. The van der Waals surface area contributed by atoms with E-state index in [-0.39, 0.29) is 0 Å². The van der Waals surface area contributed by atoms with Gasteiger partial charge in [-0.3, -0.25) is 0 Å². The zero-order valence-corrected chi connectivity index (χ0v) is 6.52. The highest BCUT2D eigenvalue weighted by Crippen LogP contribution is 1.99. The predicted octanol–water partition coefficient (Wildman–Crippen LogP) is 0.201. The normalized spacial score (nSPS) is 10.0. The third-order valence-electron chi connectivity index (χ3n) is 1.14. The molecule has 0 amide bonds. The van der Waals surface area contributed by atoms with E-state index >= 15 is 0 Å². The Kier molecular flexibility index (Phi) is 2.16. The van der Waals surface area contributed by atoms with Crippen LogP contribution in [0.25, 0.3) is 0 Å². The third kappa shape index (κ3) is 2.00. The van der Waals surface area contributed by atoms with E-state index in [0.717, 1.165) is 11.2 Å². The van der Waals surface area contributed by atoms with Crippen molar-refractivity contribution < 1.29 is 0 Å². The first-order valence-electron chi connectivity index (χ1n) is 3.41. The molecule has 1 rings (SSSR count). The number of hydrogen-bond acceptors (Lipinski definition) is 4. The number of hydrogen-bond donors (Lipinski definition) is 0. The summed E-state index contributed by atoms with van der Waals surface area (Å²) in [5.74, 6) is 1.12. The molecule has 1 heterocycles. The fraction of sp³-hybridized carbons (Fsp3) is 0.667. The Morgan fingerprint density at radius 2 is 2.36 bits per heavy atom. The van der Waals surface area contributed by atoms with Crippen molar-refractivity contribution in [2.24, 2.45) is 5.92 Å². The Bertz CT molecular complexity index is 269. The summed E-state index contributed by atoms with van der Waals surface area (Å²) in [6.07, 6.45) is 2.52. The molecule has 1 aromatic rings. The summed E-state index contributed by atoms with van der Waals surface area (Å²) in [4.78, 5) is 0.914. The van der Waals surface area contributed by atoms with E-state index < -0.39 is 0 Å². The molecule has 0 radical (unpaired) electrons. The SMILES string of the molecule is CC(C)Cc1nnn(C#N)n1. The van der Waals surface area contributed by atoms with Gasteiger partial charge < -0.3 is 0 Å². The molecule has 0 bridgehead atoms. The van der Waals surface area contributed by atoms with E-state index in [9.17, 15) is 0 Å². The van der Waals surface area contributed by atoms with Gasteiger partial charge in [0.05, 0.1) is 0 Å². The number of aromatic nitrogens is 4. The fourth-order valence-electron chi connectivity index (χ4n) is 0.732. The molecule has 0 aliphatic heterocycles. The van der Waals surface area contributed by atoms with Crippen molar-refractivity contribution in [3.63, 3.8) is 0 Å². The molecule has 1 aromatic heterocycles. The average molecular weight is 151 g/mol. The topological polar surface area (TPSA) is 67.4 Å². The van der Waals surface area contributed by atoms with E-state index in [4.69, 9.17) is 5.26 Å². The van der Waals surface area contributed by atoms with Gasteiger partial charge in [-0.1, -0.05) is 18.6 Å². The highest BCUT2D eigenvalue weighted by atomic mass is 15.6. The maximum absolute atomic E-state index is 8.33. The standard InChI is InChI=1S/C6H9N5/c1-5(2)3-6-8-10-11(4-7)9-6/h5H,3H2,1-2H3. The molecule has 11 heavy (non-hydrogen) atoms. The van der Waals surface area contributed by atoms with Crippen LogP contribution in [-0.2, 0) is 6.42 Å². The summed E-state index contributed by atoms with van der Waals surface area (Å²) >= 11 is 0. The average Bonchev–Trinajstić information content (AvgIpc) is 2.34. The number of nitriles is 1. The van der Waals surface area contributed by atoms with Gasteiger partial charge in [-0.25, -0.2) is 0 Å². The van der Waals surface area contributed by atoms with Gasteiger partial charge in [-0.2, -0.15) is 5.26 Å². The van der Waals surface area contributed by atoms with Gasteiger partial charge in [0.1, 0.15) is 0 Å². The van der Waals surface area contributed by atoms with Crippen LogP contribution in [0.2, 0.25) is 0 Å². The van der Waals surface area contributed by atoms with Crippen LogP contribution in [-0.4, -0.2) is 20.2 Å². The van der Waals surface area contributed by atoms with Crippen molar-refractivity contribution in [2.45, 2.75) is 20.3 Å². The van der Waals surface area contributed by atoms with Gasteiger partial charge in [-0.05, 0) is 11.1 Å². The van der Waals surface area contributed by atoms with Gasteiger partial charge in [-0.15, -0.1) is 10.2 Å². The number of nitrogens with zero attached hydrogens (tertiary/aromatic N) is 5. The highest BCUT2D eigenvalue weighted by molar-refractivity contribution is 4.81. The molecule has 0 aliphatic rings. The molecule has 0 N–H and O–H groups in total. The maximum Gasteiger partial charge on any atom is 0.226 e. The zero-order valence-electron chi connectivity index (χ0n) is 6.52.